The van der Waals surface area contributed by atoms with Gasteiger partial charge >= 0.3 is 0 Å². The van der Waals surface area contributed by atoms with Crippen LogP contribution in [0.2, 0.25) is 0 Å². The first kappa shape index (κ1) is 30.5. The van der Waals surface area contributed by atoms with E-state index in [4.69, 9.17) is 9.97 Å². The molecule has 0 amide bonds. The van der Waals surface area contributed by atoms with Crippen LogP contribution in [0.15, 0.2) is 189 Å². The number of anilines is 4. The molecule has 4 heteroatoms. The van der Waals surface area contributed by atoms with E-state index in [-0.39, 0.29) is 12.0 Å². The summed E-state index contributed by atoms with van der Waals surface area (Å²) >= 11 is 0. The molecule has 2 atom stereocenters. The van der Waals surface area contributed by atoms with Crippen molar-refractivity contribution in [3.05, 3.63) is 205 Å². The Morgan fingerprint density at radius 1 is 0.608 bits per heavy atom. The molecule has 0 saturated carbocycles. The molecule has 4 nitrogen and oxygen atoms in total. The maximum Gasteiger partial charge on any atom is 0.231 e. The Morgan fingerprint density at radius 2 is 1.27 bits per heavy atom. The Kier molecular flexibility index (Phi) is 7.82. The zero-order valence-corrected chi connectivity index (χ0v) is 28.2. The highest BCUT2D eigenvalue weighted by molar-refractivity contribution is 5.89. The highest BCUT2D eigenvalue weighted by Crippen LogP contribution is 2.49. The minimum Gasteiger partial charge on any atom is -0.337 e. The van der Waals surface area contributed by atoms with Crippen LogP contribution in [0.25, 0.3) is 33.7 Å². The first-order chi connectivity index (χ1) is 25.2. The van der Waals surface area contributed by atoms with Gasteiger partial charge in [0.05, 0.1) is 17.4 Å². The number of allylic oxidation sites excluding steroid dienone is 6. The Morgan fingerprint density at radius 3 is 2.00 bits per heavy atom. The quantitative estimate of drug-likeness (QED) is 0.185. The maximum atomic E-state index is 5.26. The molecular weight excluding hydrogens is 621 g/mol. The third-order valence-electron chi connectivity index (χ3n) is 9.99. The average Bonchev–Trinajstić information content (AvgIpc) is 3.56. The number of benzene rings is 5. The van der Waals surface area contributed by atoms with Gasteiger partial charge in [0.2, 0.25) is 5.95 Å². The van der Waals surface area contributed by atoms with Gasteiger partial charge < -0.3 is 9.80 Å². The summed E-state index contributed by atoms with van der Waals surface area (Å²) in [5.41, 5.74) is 13.0. The van der Waals surface area contributed by atoms with Crippen molar-refractivity contribution in [1.29, 1.82) is 0 Å². The van der Waals surface area contributed by atoms with Crippen molar-refractivity contribution in [3.8, 4) is 22.5 Å². The Labute approximate surface area is 299 Å². The van der Waals surface area contributed by atoms with Crippen molar-refractivity contribution < 1.29 is 0 Å². The molecule has 0 spiro atoms. The molecule has 0 N–H and O–H groups in total. The van der Waals surface area contributed by atoms with E-state index in [2.05, 4.69) is 186 Å². The first-order valence-corrected chi connectivity index (χ1v) is 17.5. The number of rotatable bonds is 5. The van der Waals surface area contributed by atoms with Crippen LogP contribution in [0.4, 0.5) is 23.0 Å². The van der Waals surface area contributed by atoms with E-state index in [1.807, 2.05) is 12.1 Å². The predicted molar refractivity (Wildman–Crippen MR) is 212 cm³/mol. The summed E-state index contributed by atoms with van der Waals surface area (Å²) in [5, 5.41) is 0. The van der Waals surface area contributed by atoms with Gasteiger partial charge in [-0.05, 0) is 58.7 Å². The largest absolute Gasteiger partial charge is 0.337 e. The smallest absolute Gasteiger partial charge is 0.231 e. The fourth-order valence-electron chi connectivity index (χ4n) is 7.49. The van der Waals surface area contributed by atoms with Gasteiger partial charge in [-0.25, -0.2) is 9.97 Å². The van der Waals surface area contributed by atoms with Crippen LogP contribution in [-0.2, 0) is 0 Å². The monoisotopic (exact) mass is 656 g/mol. The highest BCUT2D eigenvalue weighted by atomic mass is 15.3. The molecule has 2 unspecified atom stereocenters. The van der Waals surface area contributed by atoms with E-state index in [0.717, 1.165) is 62.8 Å². The Balaban J connectivity index is 1.16. The van der Waals surface area contributed by atoms with Crippen molar-refractivity contribution >= 4 is 34.2 Å². The van der Waals surface area contributed by atoms with Gasteiger partial charge in [-0.15, -0.1) is 0 Å². The van der Waals surface area contributed by atoms with E-state index in [1.54, 1.807) is 0 Å². The van der Waals surface area contributed by atoms with Crippen LogP contribution in [0.3, 0.4) is 0 Å². The summed E-state index contributed by atoms with van der Waals surface area (Å²) in [5.74, 6) is 0.861. The normalized spacial score (nSPS) is 18.8. The highest BCUT2D eigenvalue weighted by Gasteiger charge is 2.40. The maximum absolute atomic E-state index is 5.26. The van der Waals surface area contributed by atoms with Crippen LogP contribution in [-0.4, -0.2) is 22.6 Å². The van der Waals surface area contributed by atoms with Gasteiger partial charge in [-0.1, -0.05) is 152 Å². The van der Waals surface area contributed by atoms with Gasteiger partial charge in [0.1, 0.15) is 0 Å². The molecule has 1 aromatic heterocycles. The molecule has 0 radical (unpaired) electrons. The molecule has 3 heterocycles. The van der Waals surface area contributed by atoms with Gasteiger partial charge in [-0.3, -0.25) is 0 Å². The number of fused-ring (bicyclic) bond motifs is 4. The molecule has 2 aliphatic heterocycles. The van der Waals surface area contributed by atoms with Crippen molar-refractivity contribution in [2.45, 2.75) is 12.0 Å². The minimum atomic E-state index is -0.00429. The molecule has 0 bridgehead atoms. The standard InChI is InChI=1S/C47H36N4/c1-33-16-6-5-15-29-50(38-21-11-4-12-22-38)44-28-26-36(30-41(33)44)37-25-27-40-39-23-13-14-24-45(39)51(46(40)31-37)47-48-42(34-17-7-2-8-18-34)32-43(49-47)35-19-9-3-10-20-35/h2-28,30-32,40,46H,1,29H2/b15-5-,16-6-. The molecule has 9 rings (SSSR count). The molecule has 1 aliphatic carbocycles. The van der Waals surface area contributed by atoms with E-state index in [9.17, 15) is 0 Å². The summed E-state index contributed by atoms with van der Waals surface area (Å²) in [6.07, 6.45) is 15.5. The molecular formula is C47H36N4. The number of hydrogen-bond acceptors (Lipinski definition) is 4. The van der Waals surface area contributed by atoms with Gasteiger partial charge in [0, 0.05) is 46.2 Å². The summed E-state index contributed by atoms with van der Waals surface area (Å²) in [4.78, 5) is 15.2. The van der Waals surface area contributed by atoms with E-state index in [1.165, 1.54) is 11.1 Å². The minimum absolute atomic E-state index is 0.00429. The average molecular weight is 657 g/mol. The zero-order chi connectivity index (χ0) is 34.1. The lowest BCUT2D eigenvalue weighted by molar-refractivity contribution is 0.732. The summed E-state index contributed by atoms with van der Waals surface area (Å²) in [7, 11) is 0. The number of para-hydroxylation sites is 2. The molecule has 6 aromatic rings. The molecule has 5 aromatic carbocycles. The number of nitrogens with zero attached hydrogens (tertiary/aromatic N) is 4. The van der Waals surface area contributed by atoms with Crippen LogP contribution in [0, 0.1) is 0 Å². The third kappa shape index (κ3) is 5.71. The number of hydrogen-bond donors (Lipinski definition) is 0. The van der Waals surface area contributed by atoms with E-state index >= 15 is 0 Å². The molecule has 0 saturated heterocycles. The Bertz CT molecular complexity index is 2310. The summed E-state index contributed by atoms with van der Waals surface area (Å²) in [6.45, 7) is 5.27. The van der Waals surface area contributed by atoms with Gasteiger partial charge in [0.25, 0.3) is 0 Å². The van der Waals surface area contributed by atoms with Crippen LogP contribution < -0.4 is 9.80 Å². The van der Waals surface area contributed by atoms with Crippen molar-refractivity contribution in [2.24, 2.45) is 0 Å². The van der Waals surface area contributed by atoms with E-state index < -0.39 is 0 Å². The fourth-order valence-corrected chi connectivity index (χ4v) is 7.49. The van der Waals surface area contributed by atoms with Crippen LogP contribution in [0.1, 0.15) is 22.6 Å². The van der Waals surface area contributed by atoms with Gasteiger partial charge in [-0.2, -0.15) is 0 Å². The van der Waals surface area contributed by atoms with Crippen molar-refractivity contribution in [1.82, 2.24) is 9.97 Å². The second-order valence-electron chi connectivity index (χ2n) is 13.1. The van der Waals surface area contributed by atoms with Crippen LogP contribution in [0.5, 0.6) is 0 Å². The topological polar surface area (TPSA) is 32.3 Å². The van der Waals surface area contributed by atoms with E-state index in [0.29, 0.717) is 5.95 Å². The first-order valence-electron chi connectivity index (χ1n) is 17.5. The third-order valence-corrected chi connectivity index (χ3v) is 9.99. The molecule has 51 heavy (non-hydrogen) atoms. The second kappa shape index (κ2) is 13.1. The number of aromatic nitrogens is 2. The fraction of sp³-hybridized carbons (Fsp3) is 0.0638. The van der Waals surface area contributed by atoms with Crippen molar-refractivity contribution in [3.63, 3.8) is 0 Å². The molecule has 0 fully saturated rings. The van der Waals surface area contributed by atoms with Crippen LogP contribution >= 0.6 is 0 Å². The predicted octanol–water partition coefficient (Wildman–Crippen LogP) is 11.3. The van der Waals surface area contributed by atoms with Crippen molar-refractivity contribution in [2.75, 3.05) is 16.3 Å². The molecule has 244 valence electrons. The lowest BCUT2D eigenvalue weighted by Gasteiger charge is -2.29. The van der Waals surface area contributed by atoms with Gasteiger partial charge in [0.15, 0.2) is 0 Å². The lowest BCUT2D eigenvalue weighted by Crippen LogP contribution is -2.30. The lowest BCUT2D eigenvalue weighted by atomic mass is 9.86. The summed E-state index contributed by atoms with van der Waals surface area (Å²) in [6, 6.07) is 48.9. The Hall–Kier alpha value is -6.52. The second-order valence-corrected chi connectivity index (χ2v) is 13.1. The summed E-state index contributed by atoms with van der Waals surface area (Å²) < 4.78 is 0. The SMILES string of the molecule is C=C1/C=C\C=C/CN(c2ccccc2)c2ccc(C3=CC4C(C=C3)c3ccccc3N4c3nc(-c4ccccc4)cc(-c4ccccc4)n3)cc21. The zero-order valence-electron chi connectivity index (χ0n) is 28.2. The molecule has 3 aliphatic rings.